The molecule has 1 aliphatic rings. The topological polar surface area (TPSA) is 61.1 Å². The lowest BCUT2D eigenvalue weighted by Gasteiger charge is -2.33. The number of piperidine rings is 1. The van der Waals surface area contributed by atoms with Crippen LogP contribution in [0, 0.1) is 4.77 Å². The zero-order valence-electron chi connectivity index (χ0n) is 14.1. The van der Waals surface area contributed by atoms with Crippen LogP contribution in [-0.4, -0.2) is 39.7 Å². The fourth-order valence-electron chi connectivity index (χ4n) is 3.09. The number of halogens is 1. The zero-order chi connectivity index (χ0) is 17.5. The molecule has 24 heavy (non-hydrogen) atoms. The largest absolute Gasteiger partial charge is 0.444 e. The number of imidazole rings is 1. The lowest BCUT2D eigenvalue weighted by atomic mass is 9.89. The summed E-state index contributed by atoms with van der Waals surface area (Å²) in [6.45, 7) is 7.00. The van der Waals surface area contributed by atoms with Crippen LogP contribution in [-0.2, 0) is 4.74 Å². The van der Waals surface area contributed by atoms with Crippen molar-refractivity contribution < 1.29 is 9.53 Å². The molecule has 1 aromatic heterocycles. The lowest BCUT2D eigenvalue weighted by molar-refractivity contribution is 0.0205. The Labute approximate surface area is 151 Å². The van der Waals surface area contributed by atoms with Crippen LogP contribution >= 0.6 is 23.8 Å². The average Bonchev–Trinajstić information content (AvgIpc) is 2.84. The normalized spacial score (nSPS) is 16.6. The molecule has 1 saturated heterocycles. The number of rotatable bonds is 1. The molecular weight excluding hydrogens is 346 g/mol. The first kappa shape index (κ1) is 17.3. The number of nitrogens with zero attached hydrogens (tertiary/aromatic N) is 1. The van der Waals surface area contributed by atoms with E-state index in [0.717, 1.165) is 34.5 Å². The molecule has 1 aliphatic heterocycles. The van der Waals surface area contributed by atoms with Crippen molar-refractivity contribution in [1.82, 2.24) is 14.9 Å². The predicted molar refractivity (Wildman–Crippen MR) is 98.3 cm³/mol. The highest BCUT2D eigenvalue weighted by atomic mass is 35.5. The third kappa shape index (κ3) is 3.75. The molecular formula is C17H22ClN3O2S. The summed E-state index contributed by atoms with van der Waals surface area (Å²) in [4.78, 5) is 20.1. The molecule has 0 spiro atoms. The van der Waals surface area contributed by atoms with Crippen LogP contribution in [0.4, 0.5) is 4.79 Å². The van der Waals surface area contributed by atoms with Crippen molar-refractivity contribution in [1.29, 1.82) is 0 Å². The van der Waals surface area contributed by atoms with Crippen LogP contribution in [0.5, 0.6) is 0 Å². The molecule has 2 aromatic rings. The number of hydrogen-bond acceptors (Lipinski definition) is 3. The second-order valence-electron chi connectivity index (χ2n) is 7.24. The number of likely N-dealkylation sites (tertiary alicyclic amines) is 1. The number of nitrogens with one attached hydrogen (secondary N) is 2. The number of ether oxygens (including phenoxy) is 1. The summed E-state index contributed by atoms with van der Waals surface area (Å²) < 4.78 is 6.04. The third-order valence-electron chi connectivity index (χ3n) is 4.22. The van der Waals surface area contributed by atoms with Gasteiger partial charge in [-0.25, -0.2) is 4.79 Å². The summed E-state index contributed by atoms with van der Waals surface area (Å²) in [5.74, 6) is 0.331. The predicted octanol–water partition coefficient (Wildman–Crippen LogP) is 4.99. The quantitative estimate of drug-likeness (QED) is 0.697. The molecule has 2 N–H and O–H groups in total. The van der Waals surface area contributed by atoms with Gasteiger partial charge in [0.2, 0.25) is 0 Å². The van der Waals surface area contributed by atoms with Crippen molar-refractivity contribution in [2.24, 2.45) is 0 Å². The summed E-state index contributed by atoms with van der Waals surface area (Å²) in [6.07, 6.45) is 1.50. The van der Waals surface area contributed by atoms with Crippen molar-refractivity contribution in [2.75, 3.05) is 13.1 Å². The summed E-state index contributed by atoms with van der Waals surface area (Å²) in [5.41, 5.74) is 2.53. The molecule has 1 amide bonds. The minimum atomic E-state index is -0.464. The van der Waals surface area contributed by atoms with E-state index in [1.807, 2.05) is 26.8 Å². The van der Waals surface area contributed by atoms with Crippen molar-refractivity contribution in [3.8, 4) is 0 Å². The van der Waals surface area contributed by atoms with Gasteiger partial charge in [0.1, 0.15) is 5.60 Å². The number of benzene rings is 1. The Morgan fingerprint density at radius 2 is 1.83 bits per heavy atom. The van der Waals surface area contributed by atoms with Crippen LogP contribution in [0.2, 0.25) is 5.02 Å². The van der Waals surface area contributed by atoms with E-state index in [2.05, 4.69) is 16.0 Å². The number of aromatic amines is 2. The van der Waals surface area contributed by atoms with Gasteiger partial charge in [-0.3, -0.25) is 0 Å². The van der Waals surface area contributed by atoms with Crippen LogP contribution in [0.15, 0.2) is 12.1 Å². The van der Waals surface area contributed by atoms with Gasteiger partial charge in [-0.05, 0) is 69.4 Å². The first-order valence-corrected chi connectivity index (χ1v) is 8.91. The second-order valence-corrected chi connectivity index (χ2v) is 8.06. The summed E-state index contributed by atoms with van der Waals surface area (Å²) in [5, 5.41) is 0.739. The Kier molecular flexibility index (Phi) is 4.62. The summed E-state index contributed by atoms with van der Waals surface area (Å²) in [6, 6.07) is 3.98. The number of aromatic nitrogens is 2. The van der Waals surface area contributed by atoms with Gasteiger partial charge in [0.15, 0.2) is 4.77 Å². The Morgan fingerprint density at radius 1 is 1.25 bits per heavy atom. The number of hydrogen-bond donors (Lipinski definition) is 2. The Hall–Kier alpha value is -1.53. The van der Waals surface area contributed by atoms with Crippen molar-refractivity contribution >= 4 is 40.9 Å². The highest BCUT2D eigenvalue weighted by Crippen LogP contribution is 2.35. The van der Waals surface area contributed by atoms with Crippen LogP contribution in [0.3, 0.4) is 0 Å². The highest BCUT2D eigenvalue weighted by molar-refractivity contribution is 7.71. The van der Waals surface area contributed by atoms with Gasteiger partial charge in [0.05, 0.1) is 11.0 Å². The molecule has 0 bridgehead atoms. The standard InChI is InChI=1S/C17H22ClN3O2S/c1-17(2,3)23-16(22)21-6-4-10(5-7-21)11-8-13-14(9-12(11)18)20-15(24)19-13/h8-10H,4-7H2,1-3H3,(H2,19,20,24). The molecule has 7 heteroatoms. The van der Waals surface area contributed by atoms with Gasteiger partial charge in [0.25, 0.3) is 0 Å². The minimum absolute atomic E-state index is 0.239. The van der Waals surface area contributed by atoms with Gasteiger partial charge in [-0.1, -0.05) is 11.6 Å². The highest BCUT2D eigenvalue weighted by Gasteiger charge is 2.28. The average molecular weight is 368 g/mol. The Balaban J connectivity index is 1.71. The molecule has 0 unspecified atom stereocenters. The first-order valence-electron chi connectivity index (χ1n) is 8.12. The molecule has 0 atom stereocenters. The van der Waals surface area contributed by atoms with Gasteiger partial charge in [-0.15, -0.1) is 0 Å². The molecule has 2 heterocycles. The van der Waals surface area contributed by atoms with Crippen molar-refractivity contribution in [3.63, 3.8) is 0 Å². The van der Waals surface area contributed by atoms with Crippen LogP contribution < -0.4 is 0 Å². The molecule has 0 saturated carbocycles. The fraction of sp³-hybridized carbons (Fsp3) is 0.529. The maximum atomic E-state index is 12.2. The number of carbonyl (C=O) groups excluding carboxylic acids is 1. The minimum Gasteiger partial charge on any atom is -0.444 e. The van der Waals surface area contributed by atoms with Crippen LogP contribution in [0.25, 0.3) is 11.0 Å². The number of carbonyl (C=O) groups is 1. The van der Waals surface area contributed by atoms with Gasteiger partial charge in [0, 0.05) is 18.1 Å². The maximum absolute atomic E-state index is 12.2. The van der Waals surface area contributed by atoms with Gasteiger partial charge >= 0.3 is 6.09 Å². The van der Waals surface area contributed by atoms with E-state index in [4.69, 9.17) is 28.6 Å². The zero-order valence-corrected chi connectivity index (χ0v) is 15.7. The van der Waals surface area contributed by atoms with E-state index in [0.29, 0.717) is 23.8 Å². The number of H-pyrrole nitrogens is 2. The molecule has 5 nitrogen and oxygen atoms in total. The van der Waals surface area contributed by atoms with Gasteiger partial charge < -0.3 is 19.6 Å². The van der Waals surface area contributed by atoms with E-state index < -0.39 is 5.60 Å². The van der Waals surface area contributed by atoms with E-state index in [1.165, 1.54) is 0 Å². The maximum Gasteiger partial charge on any atom is 0.410 e. The van der Waals surface area contributed by atoms with Crippen LogP contribution in [0.1, 0.15) is 45.1 Å². The second kappa shape index (κ2) is 6.41. The molecule has 130 valence electrons. The lowest BCUT2D eigenvalue weighted by Crippen LogP contribution is -2.41. The van der Waals surface area contributed by atoms with E-state index in [-0.39, 0.29) is 6.09 Å². The summed E-state index contributed by atoms with van der Waals surface area (Å²) in [7, 11) is 0. The number of amides is 1. The molecule has 0 aliphatic carbocycles. The van der Waals surface area contributed by atoms with E-state index >= 15 is 0 Å². The van der Waals surface area contributed by atoms with Crippen molar-refractivity contribution in [2.45, 2.75) is 45.1 Å². The third-order valence-corrected chi connectivity index (χ3v) is 4.75. The molecule has 0 radical (unpaired) electrons. The SMILES string of the molecule is CC(C)(C)OC(=O)N1CCC(c2cc3[nH]c(=S)[nH]c3cc2Cl)CC1. The molecule has 1 aromatic carbocycles. The number of fused-ring (bicyclic) bond motifs is 1. The summed E-state index contributed by atoms with van der Waals surface area (Å²) >= 11 is 11.6. The van der Waals surface area contributed by atoms with Crippen molar-refractivity contribution in [3.05, 3.63) is 27.5 Å². The molecule has 1 fully saturated rings. The van der Waals surface area contributed by atoms with E-state index in [1.54, 1.807) is 4.90 Å². The Bertz CT molecular complexity index is 813. The first-order chi connectivity index (χ1) is 11.2. The van der Waals surface area contributed by atoms with E-state index in [9.17, 15) is 4.79 Å². The molecule has 3 rings (SSSR count). The monoisotopic (exact) mass is 367 g/mol. The Morgan fingerprint density at radius 3 is 2.42 bits per heavy atom. The van der Waals surface area contributed by atoms with Gasteiger partial charge in [-0.2, -0.15) is 0 Å². The smallest absolute Gasteiger partial charge is 0.410 e. The fourth-order valence-corrected chi connectivity index (χ4v) is 3.62.